The molecule has 0 aliphatic heterocycles. The van der Waals surface area contributed by atoms with E-state index in [1.54, 1.807) is 0 Å². The van der Waals surface area contributed by atoms with Gasteiger partial charge < -0.3 is 5.73 Å². The third kappa shape index (κ3) is 2.13. The zero-order valence-electron chi connectivity index (χ0n) is 8.85. The van der Waals surface area contributed by atoms with Crippen LogP contribution in [0.15, 0.2) is 28.7 Å². The molecule has 2 N–H and O–H groups in total. The highest BCUT2D eigenvalue weighted by Crippen LogP contribution is 2.48. The van der Waals surface area contributed by atoms with Gasteiger partial charge in [-0.2, -0.15) is 0 Å². The summed E-state index contributed by atoms with van der Waals surface area (Å²) in [6.07, 6.45) is 0.288. The molecule has 16 heavy (non-hydrogen) atoms. The van der Waals surface area contributed by atoms with Gasteiger partial charge in [0.1, 0.15) is 0 Å². The Morgan fingerprint density at radius 1 is 1.19 bits per heavy atom. The molecule has 4 heteroatoms. The molecule has 0 amide bonds. The molecular weight excluding hydrogens is 276 g/mol. The van der Waals surface area contributed by atoms with Crippen LogP contribution in [0.4, 0.5) is 8.78 Å². The molecule has 0 spiro atoms. The molecule has 0 saturated heterocycles. The summed E-state index contributed by atoms with van der Waals surface area (Å²) in [5.74, 6) is -2.56. The minimum absolute atomic E-state index is 0.0553. The maximum Gasteiger partial charge on any atom is 0.249 e. The molecule has 1 saturated carbocycles. The molecule has 0 radical (unpaired) electrons. The molecule has 1 fully saturated rings. The molecule has 1 aliphatic carbocycles. The summed E-state index contributed by atoms with van der Waals surface area (Å²) >= 11 is 3.34. The maximum atomic E-state index is 13.3. The summed E-state index contributed by atoms with van der Waals surface area (Å²) in [6.45, 7) is 0.282. The molecule has 88 valence electrons. The Morgan fingerprint density at radius 2 is 1.81 bits per heavy atom. The van der Waals surface area contributed by atoms with E-state index in [1.165, 1.54) is 0 Å². The molecule has 2 rings (SSSR count). The minimum Gasteiger partial charge on any atom is -0.330 e. The van der Waals surface area contributed by atoms with Crippen molar-refractivity contribution in [2.75, 3.05) is 6.54 Å². The van der Waals surface area contributed by atoms with Crippen molar-refractivity contribution in [2.24, 2.45) is 5.73 Å². The fraction of sp³-hybridized carbons (Fsp3) is 0.500. The van der Waals surface area contributed by atoms with Gasteiger partial charge in [-0.3, -0.25) is 0 Å². The van der Waals surface area contributed by atoms with Crippen molar-refractivity contribution in [1.82, 2.24) is 0 Å². The summed E-state index contributed by atoms with van der Waals surface area (Å²) < 4.78 is 27.6. The molecule has 0 heterocycles. The van der Waals surface area contributed by atoms with Crippen LogP contribution in [0.25, 0.3) is 0 Å². The Hall–Kier alpha value is -0.480. The van der Waals surface area contributed by atoms with Gasteiger partial charge in [-0.15, -0.1) is 0 Å². The van der Waals surface area contributed by atoms with E-state index in [2.05, 4.69) is 15.9 Å². The second kappa shape index (κ2) is 4.08. The number of halogens is 3. The highest BCUT2D eigenvalue weighted by atomic mass is 79.9. The van der Waals surface area contributed by atoms with Crippen LogP contribution in [0.2, 0.25) is 0 Å². The van der Waals surface area contributed by atoms with E-state index >= 15 is 0 Å². The lowest BCUT2D eigenvalue weighted by Crippen LogP contribution is -2.33. The predicted molar refractivity (Wildman–Crippen MR) is 63.7 cm³/mol. The molecule has 1 nitrogen and oxygen atoms in total. The molecule has 0 aromatic heterocycles. The van der Waals surface area contributed by atoms with Gasteiger partial charge in [-0.1, -0.05) is 28.1 Å². The van der Waals surface area contributed by atoms with Crippen LogP contribution in [0.3, 0.4) is 0 Å². The van der Waals surface area contributed by atoms with E-state index in [9.17, 15) is 8.78 Å². The summed E-state index contributed by atoms with van der Waals surface area (Å²) in [4.78, 5) is 0. The van der Waals surface area contributed by atoms with E-state index < -0.39 is 11.3 Å². The van der Waals surface area contributed by atoms with Crippen molar-refractivity contribution in [3.63, 3.8) is 0 Å². The van der Waals surface area contributed by atoms with E-state index in [4.69, 9.17) is 5.73 Å². The van der Waals surface area contributed by atoms with E-state index in [0.29, 0.717) is 6.42 Å². The number of nitrogens with two attached hydrogens (primary N) is 1. The summed E-state index contributed by atoms with van der Waals surface area (Å²) in [7, 11) is 0. The monoisotopic (exact) mass is 289 g/mol. The Balaban J connectivity index is 2.33. The molecule has 1 aromatic rings. The van der Waals surface area contributed by atoms with Gasteiger partial charge in [-0.05, 0) is 24.1 Å². The average molecular weight is 290 g/mol. The summed E-state index contributed by atoms with van der Waals surface area (Å²) in [5, 5.41) is 0. The van der Waals surface area contributed by atoms with Gasteiger partial charge in [0.05, 0.1) is 0 Å². The quantitative estimate of drug-likeness (QED) is 0.886. The van der Waals surface area contributed by atoms with E-state index in [0.717, 1.165) is 10.0 Å². The summed E-state index contributed by atoms with van der Waals surface area (Å²) in [5.41, 5.74) is 6.10. The van der Waals surface area contributed by atoms with Gasteiger partial charge in [0, 0.05) is 29.3 Å². The van der Waals surface area contributed by atoms with Crippen LogP contribution in [-0.4, -0.2) is 12.5 Å². The topological polar surface area (TPSA) is 26.0 Å². The van der Waals surface area contributed by atoms with Crippen molar-refractivity contribution in [2.45, 2.75) is 30.6 Å². The first-order valence-corrected chi connectivity index (χ1v) is 6.11. The Labute approximate surface area is 102 Å². The first kappa shape index (κ1) is 12.0. The van der Waals surface area contributed by atoms with Crippen LogP contribution in [0.1, 0.15) is 24.8 Å². The van der Waals surface area contributed by atoms with Gasteiger partial charge in [-0.25, -0.2) is 8.78 Å². The molecular formula is C12H14BrF2N. The SMILES string of the molecule is NCC1(c2ccc(Br)cc2)CCC(F)(F)C1. The van der Waals surface area contributed by atoms with Crippen molar-refractivity contribution < 1.29 is 8.78 Å². The zero-order valence-corrected chi connectivity index (χ0v) is 10.4. The number of benzene rings is 1. The van der Waals surface area contributed by atoms with E-state index in [1.807, 2.05) is 24.3 Å². The first-order chi connectivity index (χ1) is 7.47. The van der Waals surface area contributed by atoms with Crippen LogP contribution < -0.4 is 5.73 Å². The van der Waals surface area contributed by atoms with Crippen LogP contribution in [0.5, 0.6) is 0 Å². The first-order valence-electron chi connectivity index (χ1n) is 5.31. The van der Waals surface area contributed by atoms with Crippen molar-refractivity contribution in [3.05, 3.63) is 34.3 Å². The zero-order chi connectivity index (χ0) is 11.8. The second-order valence-electron chi connectivity index (χ2n) is 4.52. The lowest BCUT2D eigenvalue weighted by molar-refractivity contribution is 0.00302. The smallest absolute Gasteiger partial charge is 0.249 e. The van der Waals surface area contributed by atoms with Gasteiger partial charge in [0.25, 0.3) is 0 Å². The van der Waals surface area contributed by atoms with E-state index in [-0.39, 0.29) is 19.4 Å². The molecule has 1 unspecified atom stereocenters. The standard InChI is InChI=1S/C12H14BrF2N/c13-10-3-1-9(2-4-10)11(8-16)5-6-12(14,15)7-11/h1-4H,5-8,16H2. The second-order valence-corrected chi connectivity index (χ2v) is 5.44. The molecule has 1 atom stereocenters. The fourth-order valence-electron chi connectivity index (χ4n) is 2.44. The number of rotatable bonds is 2. The van der Waals surface area contributed by atoms with Gasteiger partial charge in [0.15, 0.2) is 0 Å². The highest BCUT2D eigenvalue weighted by molar-refractivity contribution is 9.10. The number of hydrogen-bond acceptors (Lipinski definition) is 1. The van der Waals surface area contributed by atoms with Crippen LogP contribution in [0, 0.1) is 0 Å². The average Bonchev–Trinajstić information content (AvgIpc) is 2.57. The Morgan fingerprint density at radius 3 is 2.25 bits per heavy atom. The predicted octanol–water partition coefficient (Wildman–Crippen LogP) is 3.46. The van der Waals surface area contributed by atoms with Gasteiger partial charge in [0.2, 0.25) is 5.92 Å². The lowest BCUT2D eigenvalue weighted by atomic mass is 9.79. The number of hydrogen-bond donors (Lipinski definition) is 1. The summed E-state index contributed by atoms with van der Waals surface area (Å²) in [6, 6.07) is 7.53. The Bertz CT molecular complexity index is 377. The number of alkyl halides is 2. The van der Waals surface area contributed by atoms with Crippen molar-refractivity contribution >= 4 is 15.9 Å². The minimum atomic E-state index is -2.56. The molecule has 1 aliphatic rings. The highest BCUT2D eigenvalue weighted by Gasteiger charge is 2.49. The molecule has 0 bridgehead atoms. The normalized spacial score (nSPS) is 28.2. The van der Waals surface area contributed by atoms with Crippen molar-refractivity contribution in [3.8, 4) is 0 Å². The van der Waals surface area contributed by atoms with Gasteiger partial charge >= 0.3 is 0 Å². The van der Waals surface area contributed by atoms with Crippen LogP contribution in [-0.2, 0) is 5.41 Å². The van der Waals surface area contributed by atoms with Crippen LogP contribution >= 0.6 is 15.9 Å². The lowest BCUT2D eigenvalue weighted by Gasteiger charge is -2.28. The third-order valence-corrected chi connectivity index (χ3v) is 3.94. The Kier molecular flexibility index (Phi) is 3.05. The molecule has 1 aromatic carbocycles. The fourth-order valence-corrected chi connectivity index (χ4v) is 2.70. The maximum absolute atomic E-state index is 13.3. The largest absolute Gasteiger partial charge is 0.330 e. The van der Waals surface area contributed by atoms with Crippen molar-refractivity contribution in [1.29, 1.82) is 0 Å². The third-order valence-electron chi connectivity index (χ3n) is 3.41.